The lowest BCUT2D eigenvalue weighted by Crippen LogP contribution is -2.52. The Bertz CT molecular complexity index is 714. The minimum absolute atomic E-state index is 0.0290. The summed E-state index contributed by atoms with van der Waals surface area (Å²) in [7, 11) is 1.38. The van der Waals surface area contributed by atoms with Crippen LogP contribution in [0.2, 0.25) is 0 Å². The molecule has 0 bridgehead atoms. The van der Waals surface area contributed by atoms with Crippen molar-refractivity contribution in [1.29, 1.82) is 0 Å². The Morgan fingerprint density at radius 1 is 1.31 bits per heavy atom. The van der Waals surface area contributed by atoms with E-state index in [4.69, 9.17) is 14.4 Å². The summed E-state index contributed by atoms with van der Waals surface area (Å²) in [4.78, 5) is 24.7. The summed E-state index contributed by atoms with van der Waals surface area (Å²) < 4.78 is 12.1. The summed E-state index contributed by atoms with van der Waals surface area (Å²) in [5.74, 6) is 0.106. The summed E-state index contributed by atoms with van der Waals surface area (Å²) in [5, 5.41) is 18.6. The Balaban J connectivity index is 1.66. The first-order valence-electron chi connectivity index (χ1n) is 10.0. The zero-order chi connectivity index (χ0) is 21.4. The fraction of sp³-hybridized carbons (Fsp3) is 0.737. The number of likely N-dealkylation sites (N-methyl/N-ethyl adjacent to an activating group) is 1. The zero-order valence-corrected chi connectivity index (χ0v) is 17.8. The van der Waals surface area contributed by atoms with Gasteiger partial charge in [-0.1, -0.05) is 0 Å². The highest BCUT2D eigenvalue weighted by molar-refractivity contribution is 6.61. The second kappa shape index (κ2) is 8.18. The van der Waals surface area contributed by atoms with Crippen molar-refractivity contribution >= 4 is 24.4 Å². The van der Waals surface area contributed by atoms with Gasteiger partial charge in [0.05, 0.1) is 17.8 Å². The average Bonchev–Trinajstić information content (AvgIpc) is 2.93. The second-order valence-electron chi connectivity index (χ2n) is 8.79. The van der Waals surface area contributed by atoms with E-state index in [0.29, 0.717) is 19.0 Å². The van der Waals surface area contributed by atoms with Crippen LogP contribution in [0, 0.1) is 0 Å². The third-order valence-electron chi connectivity index (χ3n) is 6.21. The number of aliphatic hydroxyl groups excluding tert-OH is 2. The van der Waals surface area contributed by atoms with Gasteiger partial charge in [-0.25, -0.2) is 9.97 Å². The molecule has 0 spiro atoms. The highest BCUT2D eigenvalue weighted by Gasteiger charge is 2.52. The van der Waals surface area contributed by atoms with Crippen molar-refractivity contribution in [2.45, 2.75) is 63.9 Å². The van der Waals surface area contributed by atoms with Crippen molar-refractivity contribution in [3.8, 4) is 0 Å². The lowest BCUT2D eigenvalue weighted by Gasteiger charge is -2.38. The third-order valence-corrected chi connectivity index (χ3v) is 6.21. The van der Waals surface area contributed by atoms with E-state index in [0.717, 1.165) is 18.3 Å². The molecule has 2 atom stereocenters. The van der Waals surface area contributed by atoms with E-state index in [1.807, 2.05) is 39.6 Å². The quantitative estimate of drug-likeness (QED) is 0.634. The molecule has 0 aliphatic carbocycles. The fourth-order valence-corrected chi connectivity index (χ4v) is 3.54. The lowest BCUT2D eigenvalue weighted by molar-refractivity contribution is -0.143. The van der Waals surface area contributed by atoms with E-state index in [1.165, 1.54) is 0 Å². The van der Waals surface area contributed by atoms with Gasteiger partial charge in [0.2, 0.25) is 5.95 Å². The molecule has 0 radical (unpaired) electrons. The molecule has 3 rings (SSSR count). The van der Waals surface area contributed by atoms with Crippen LogP contribution in [0.1, 0.15) is 40.5 Å². The Hall–Kier alpha value is -1.75. The first-order valence-corrected chi connectivity index (χ1v) is 10.0. The molecule has 2 aliphatic rings. The van der Waals surface area contributed by atoms with Gasteiger partial charge in [-0.3, -0.25) is 4.79 Å². The molecule has 1 aromatic rings. The number of amides is 1. The minimum atomic E-state index is -1.37. The number of carbonyl (C=O) groups is 1. The molecule has 2 saturated heterocycles. The van der Waals surface area contributed by atoms with Crippen LogP contribution in [0.4, 0.5) is 5.95 Å². The number of rotatable bonds is 5. The molecule has 9 nitrogen and oxygen atoms in total. The van der Waals surface area contributed by atoms with E-state index < -0.39 is 36.9 Å². The van der Waals surface area contributed by atoms with E-state index in [9.17, 15) is 9.90 Å². The van der Waals surface area contributed by atoms with Gasteiger partial charge in [0.1, 0.15) is 0 Å². The summed E-state index contributed by atoms with van der Waals surface area (Å²) in [6.45, 7) is 8.45. The van der Waals surface area contributed by atoms with Crippen LogP contribution in [-0.2, 0) is 14.1 Å². The molecule has 10 heteroatoms. The van der Waals surface area contributed by atoms with Gasteiger partial charge < -0.3 is 29.3 Å². The summed E-state index contributed by atoms with van der Waals surface area (Å²) in [6.07, 6.45) is 3.75. The highest BCUT2D eigenvalue weighted by Crippen LogP contribution is 2.36. The molecular weight excluding hydrogens is 375 g/mol. The van der Waals surface area contributed by atoms with E-state index in [2.05, 4.69) is 9.97 Å². The number of nitrogens with zero attached hydrogens (tertiary/aromatic N) is 4. The number of piperidine rings is 1. The van der Waals surface area contributed by atoms with Gasteiger partial charge in [-0.05, 0) is 40.5 Å². The predicted molar refractivity (Wildman–Crippen MR) is 109 cm³/mol. The zero-order valence-electron chi connectivity index (χ0n) is 17.8. The third kappa shape index (κ3) is 4.40. The molecule has 0 saturated carbocycles. The monoisotopic (exact) mass is 406 g/mol. The van der Waals surface area contributed by atoms with E-state index in [-0.39, 0.29) is 6.04 Å². The van der Waals surface area contributed by atoms with Crippen LogP contribution in [0.3, 0.4) is 0 Å². The molecule has 0 aromatic carbocycles. The number of anilines is 1. The molecule has 3 heterocycles. The maximum atomic E-state index is 12.2. The Labute approximate surface area is 172 Å². The standard InChI is InChI=1S/C19H31BN4O5/c1-18(2)19(3,4)29-20(28-18)13-9-21-17(22-10-13)23(5)14-7-6-8-24(11-14)16(27)15(26)12-25/h9-10,14-15,25-26H,6-8,11-12H2,1-5H3/t14-,15-/m1/s1. The maximum absolute atomic E-state index is 12.2. The van der Waals surface area contributed by atoms with Gasteiger partial charge in [0.15, 0.2) is 6.10 Å². The normalized spacial score (nSPS) is 24.4. The first kappa shape index (κ1) is 22.0. The number of likely N-dealkylation sites (tertiary alicyclic amines) is 1. The molecular formula is C19H31BN4O5. The topological polar surface area (TPSA) is 108 Å². The minimum Gasteiger partial charge on any atom is -0.399 e. The fourth-order valence-electron chi connectivity index (χ4n) is 3.54. The largest absolute Gasteiger partial charge is 0.498 e. The molecule has 2 aliphatic heterocycles. The van der Waals surface area contributed by atoms with Crippen molar-refractivity contribution < 1.29 is 24.3 Å². The van der Waals surface area contributed by atoms with Gasteiger partial charge in [0.25, 0.3) is 5.91 Å². The Kier molecular flexibility index (Phi) is 6.19. The molecule has 2 fully saturated rings. The number of carbonyl (C=O) groups excluding carboxylic acids is 1. The summed E-state index contributed by atoms with van der Waals surface area (Å²) in [6, 6.07) is 0.0290. The van der Waals surface area contributed by atoms with Crippen molar-refractivity contribution in [3.05, 3.63) is 12.4 Å². The van der Waals surface area contributed by atoms with Crippen LogP contribution in [-0.4, -0.2) is 88.2 Å². The molecule has 1 amide bonds. The SMILES string of the molecule is CN(c1ncc(B2OC(C)(C)C(C)(C)O2)cn1)[C@@H]1CCCN(C(=O)[C@H](O)CO)C1. The van der Waals surface area contributed by atoms with Gasteiger partial charge in [-0.15, -0.1) is 0 Å². The maximum Gasteiger partial charge on any atom is 0.498 e. The number of hydrogen-bond donors (Lipinski definition) is 2. The first-order chi connectivity index (χ1) is 13.6. The van der Waals surface area contributed by atoms with Gasteiger partial charge >= 0.3 is 7.12 Å². The van der Waals surface area contributed by atoms with E-state index >= 15 is 0 Å². The lowest BCUT2D eigenvalue weighted by atomic mass is 9.81. The molecule has 1 aromatic heterocycles. The van der Waals surface area contributed by atoms with Crippen LogP contribution >= 0.6 is 0 Å². The van der Waals surface area contributed by atoms with Crippen molar-refractivity contribution in [1.82, 2.24) is 14.9 Å². The number of aliphatic hydroxyl groups is 2. The Morgan fingerprint density at radius 2 is 1.90 bits per heavy atom. The highest BCUT2D eigenvalue weighted by atomic mass is 16.7. The molecule has 160 valence electrons. The summed E-state index contributed by atoms with van der Waals surface area (Å²) in [5.41, 5.74) is -0.0957. The van der Waals surface area contributed by atoms with Crippen LogP contribution in [0.25, 0.3) is 0 Å². The predicted octanol–water partition coefficient (Wildman–Crippen LogP) is -0.444. The van der Waals surface area contributed by atoms with Crippen LogP contribution in [0.5, 0.6) is 0 Å². The van der Waals surface area contributed by atoms with Crippen molar-refractivity contribution in [2.75, 3.05) is 31.6 Å². The molecule has 2 N–H and O–H groups in total. The Morgan fingerprint density at radius 3 is 2.45 bits per heavy atom. The molecule has 29 heavy (non-hydrogen) atoms. The smallest absolute Gasteiger partial charge is 0.399 e. The van der Waals surface area contributed by atoms with Crippen molar-refractivity contribution in [3.63, 3.8) is 0 Å². The van der Waals surface area contributed by atoms with E-state index in [1.54, 1.807) is 17.3 Å². The van der Waals surface area contributed by atoms with Crippen LogP contribution < -0.4 is 10.4 Å². The average molecular weight is 406 g/mol. The van der Waals surface area contributed by atoms with Crippen molar-refractivity contribution in [2.24, 2.45) is 0 Å². The van der Waals surface area contributed by atoms with Gasteiger partial charge in [-0.2, -0.15) is 0 Å². The number of hydrogen-bond acceptors (Lipinski definition) is 8. The number of aromatic nitrogens is 2. The van der Waals surface area contributed by atoms with Gasteiger partial charge in [0, 0.05) is 44.0 Å². The second-order valence-corrected chi connectivity index (χ2v) is 8.79. The van der Waals surface area contributed by atoms with Crippen LogP contribution in [0.15, 0.2) is 12.4 Å². The summed E-state index contributed by atoms with van der Waals surface area (Å²) >= 11 is 0. The molecule has 0 unspecified atom stereocenters.